The quantitative estimate of drug-likeness (QED) is 0.839. The summed E-state index contributed by atoms with van der Waals surface area (Å²) in [4.78, 5) is 4.16. The molecule has 1 aliphatic rings. The molecule has 0 spiro atoms. The highest BCUT2D eigenvalue weighted by Gasteiger charge is 2.24. The summed E-state index contributed by atoms with van der Waals surface area (Å²) in [5.74, 6) is 1.33. The second-order valence-electron chi connectivity index (χ2n) is 4.28. The van der Waals surface area contributed by atoms with Crippen LogP contribution in [-0.4, -0.2) is 29.4 Å². The van der Waals surface area contributed by atoms with Crippen molar-refractivity contribution in [1.82, 2.24) is 15.5 Å². The van der Waals surface area contributed by atoms with E-state index in [0.29, 0.717) is 24.6 Å². The van der Waals surface area contributed by atoms with E-state index in [1.54, 1.807) is 14.0 Å². The third-order valence-electron chi connectivity index (χ3n) is 3.10. The minimum absolute atomic E-state index is 0.321. The number of methoxy groups -OCH3 is 1. The van der Waals surface area contributed by atoms with Crippen LogP contribution in [0.4, 0.5) is 0 Å². The van der Waals surface area contributed by atoms with Gasteiger partial charge in [0.05, 0.1) is 12.6 Å². The molecule has 5 nitrogen and oxygen atoms in total. The van der Waals surface area contributed by atoms with E-state index in [9.17, 15) is 0 Å². The number of nitrogens with zero attached hydrogens (tertiary/aromatic N) is 2. The third-order valence-corrected chi connectivity index (χ3v) is 3.10. The fraction of sp³-hybridized carbons (Fsp3) is 0.818. The number of hydrogen-bond acceptors (Lipinski definition) is 5. The number of nitrogens with one attached hydrogen (secondary N) is 1. The summed E-state index contributed by atoms with van der Waals surface area (Å²) in [6, 6.07) is 0.414. The lowest BCUT2D eigenvalue weighted by molar-refractivity contribution is 0.0410. The summed E-state index contributed by atoms with van der Waals surface area (Å²) in [5.41, 5.74) is 0. The van der Waals surface area contributed by atoms with Crippen LogP contribution in [0, 0.1) is 6.92 Å². The fourth-order valence-corrected chi connectivity index (χ4v) is 2.25. The number of rotatable bonds is 4. The maximum atomic E-state index is 5.47. The Labute approximate surface area is 95.6 Å². The molecule has 2 unspecified atom stereocenters. The zero-order chi connectivity index (χ0) is 11.4. The summed E-state index contributed by atoms with van der Waals surface area (Å²) >= 11 is 0. The van der Waals surface area contributed by atoms with Crippen molar-refractivity contribution in [1.29, 1.82) is 0 Å². The second kappa shape index (κ2) is 5.41. The van der Waals surface area contributed by atoms with E-state index in [1.165, 1.54) is 12.8 Å². The van der Waals surface area contributed by atoms with E-state index in [0.717, 1.165) is 18.7 Å². The Kier molecular flexibility index (Phi) is 3.90. The van der Waals surface area contributed by atoms with Crippen LogP contribution in [0.15, 0.2) is 4.52 Å². The number of aromatic nitrogens is 2. The van der Waals surface area contributed by atoms with E-state index < -0.39 is 0 Å². The van der Waals surface area contributed by atoms with Crippen molar-refractivity contribution in [2.45, 2.75) is 51.3 Å². The molecule has 1 aliphatic carbocycles. The average Bonchev–Trinajstić information content (AvgIpc) is 2.73. The van der Waals surface area contributed by atoms with Gasteiger partial charge in [-0.25, -0.2) is 0 Å². The van der Waals surface area contributed by atoms with Crippen molar-refractivity contribution in [3.05, 3.63) is 11.7 Å². The molecule has 1 saturated carbocycles. The molecule has 0 aromatic carbocycles. The molecular weight excluding hydrogens is 206 g/mol. The van der Waals surface area contributed by atoms with E-state index >= 15 is 0 Å². The zero-order valence-electron chi connectivity index (χ0n) is 9.90. The molecule has 1 aromatic rings. The van der Waals surface area contributed by atoms with Crippen LogP contribution >= 0.6 is 0 Å². The maximum Gasteiger partial charge on any atom is 0.223 e. The maximum absolute atomic E-state index is 5.47. The molecule has 1 N–H and O–H groups in total. The van der Waals surface area contributed by atoms with Crippen LogP contribution in [-0.2, 0) is 11.3 Å². The molecular formula is C11H19N3O2. The predicted molar refractivity (Wildman–Crippen MR) is 58.9 cm³/mol. The molecule has 0 aliphatic heterocycles. The van der Waals surface area contributed by atoms with E-state index in [4.69, 9.17) is 9.26 Å². The van der Waals surface area contributed by atoms with Crippen LogP contribution in [0.25, 0.3) is 0 Å². The first-order valence-corrected chi connectivity index (χ1v) is 5.85. The number of aryl methyl sites for hydroxylation is 1. The van der Waals surface area contributed by atoms with Gasteiger partial charge in [-0.05, 0) is 12.8 Å². The molecule has 0 saturated heterocycles. The fourth-order valence-electron chi connectivity index (χ4n) is 2.25. The van der Waals surface area contributed by atoms with E-state index in [-0.39, 0.29) is 0 Å². The number of ether oxygens (including phenoxy) is 1. The second-order valence-corrected chi connectivity index (χ2v) is 4.28. The van der Waals surface area contributed by atoms with Crippen LogP contribution in [0.5, 0.6) is 0 Å². The highest BCUT2D eigenvalue weighted by Crippen LogP contribution is 2.20. The Morgan fingerprint density at radius 2 is 2.25 bits per heavy atom. The Morgan fingerprint density at radius 3 is 2.94 bits per heavy atom. The molecule has 0 radical (unpaired) electrons. The van der Waals surface area contributed by atoms with Crippen molar-refractivity contribution in [2.75, 3.05) is 7.11 Å². The van der Waals surface area contributed by atoms with Crippen molar-refractivity contribution < 1.29 is 9.26 Å². The van der Waals surface area contributed by atoms with Gasteiger partial charge < -0.3 is 14.6 Å². The topological polar surface area (TPSA) is 60.2 Å². The largest absolute Gasteiger partial charge is 0.380 e. The first-order valence-electron chi connectivity index (χ1n) is 5.85. The third kappa shape index (κ3) is 2.80. The molecule has 16 heavy (non-hydrogen) atoms. The van der Waals surface area contributed by atoms with Crippen LogP contribution in [0.1, 0.15) is 37.4 Å². The van der Waals surface area contributed by atoms with E-state index in [1.807, 2.05) is 0 Å². The highest BCUT2D eigenvalue weighted by molar-refractivity contribution is 4.87. The van der Waals surface area contributed by atoms with Crippen molar-refractivity contribution in [3.63, 3.8) is 0 Å². The minimum atomic E-state index is 0.321. The number of hydrogen-bond donors (Lipinski definition) is 1. The van der Waals surface area contributed by atoms with Gasteiger partial charge in [0, 0.05) is 20.1 Å². The predicted octanol–water partition coefficient (Wildman–Crippen LogP) is 1.43. The first-order chi connectivity index (χ1) is 7.79. The van der Waals surface area contributed by atoms with Gasteiger partial charge in [0.1, 0.15) is 0 Å². The monoisotopic (exact) mass is 225 g/mol. The van der Waals surface area contributed by atoms with Gasteiger partial charge >= 0.3 is 0 Å². The summed E-state index contributed by atoms with van der Waals surface area (Å²) in [5, 5.41) is 7.30. The Morgan fingerprint density at radius 1 is 1.44 bits per heavy atom. The van der Waals surface area contributed by atoms with Gasteiger partial charge in [-0.15, -0.1) is 0 Å². The van der Waals surface area contributed by atoms with Gasteiger partial charge in [0.15, 0.2) is 5.82 Å². The summed E-state index contributed by atoms with van der Waals surface area (Å²) in [7, 11) is 1.78. The Hall–Kier alpha value is -0.940. The zero-order valence-corrected chi connectivity index (χ0v) is 9.90. The molecule has 1 heterocycles. The summed E-state index contributed by atoms with van der Waals surface area (Å²) in [6.07, 6.45) is 5.15. The first kappa shape index (κ1) is 11.5. The van der Waals surface area contributed by atoms with Crippen molar-refractivity contribution in [2.24, 2.45) is 0 Å². The lowest BCUT2D eigenvalue weighted by Crippen LogP contribution is -2.42. The molecule has 2 atom stereocenters. The molecule has 1 fully saturated rings. The standard InChI is InChI=1S/C11H19N3O2/c1-8-13-11(14-16-8)7-12-9-5-3-4-6-10(9)15-2/h9-10,12H,3-7H2,1-2H3. The lowest BCUT2D eigenvalue weighted by atomic mass is 9.92. The van der Waals surface area contributed by atoms with Gasteiger partial charge in [-0.1, -0.05) is 18.0 Å². The average molecular weight is 225 g/mol. The van der Waals surface area contributed by atoms with Crippen molar-refractivity contribution >= 4 is 0 Å². The highest BCUT2D eigenvalue weighted by atomic mass is 16.5. The minimum Gasteiger partial charge on any atom is -0.380 e. The van der Waals surface area contributed by atoms with Crippen LogP contribution in [0.2, 0.25) is 0 Å². The summed E-state index contributed by atoms with van der Waals surface area (Å²) in [6.45, 7) is 2.46. The Bertz CT molecular complexity index is 327. The lowest BCUT2D eigenvalue weighted by Gasteiger charge is -2.30. The SMILES string of the molecule is COC1CCCCC1NCc1noc(C)n1. The van der Waals surface area contributed by atoms with Crippen LogP contribution in [0.3, 0.4) is 0 Å². The Balaban J connectivity index is 1.84. The molecule has 0 bridgehead atoms. The van der Waals surface area contributed by atoms with E-state index in [2.05, 4.69) is 15.5 Å². The molecule has 1 aromatic heterocycles. The molecule has 2 rings (SSSR count). The molecule has 5 heteroatoms. The summed E-state index contributed by atoms with van der Waals surface area (Å²) < 4.78 is 10.4. The molecule has 90 valence electrons. The van der Waals surface area contributed by atoms with Gasteiger partial charge in [-0.2, -0.15) is 4.98 Å². The smallest absolute Gasteiger partial charge is 0.223 e. The molecule has 0 amide bonds. The van der Waals surface area contributed by atoms with Crippen LogP contribution < -0.4 is 5.32 Å². The normalized spacial score (nSPS) is 25.9. The van der Waals surface area contributed by atoms with Gasteiger partial charge in [-0.3, -0.25) is 0 Å². The van der Waals surface area contributed by atoms with Gasteiger partial charge in [0.25, 0.3) is 0 Å². The van der Waals surface area contributed by atoms with Crippen molar-refractivity contribution in [3.8, 4) is 0 Å². The van der Waals surface area contributed by atoms with Gasteiger partial charge in [0.2, 0.25) is 5.89 Å².